The van der Waals surface area contributed by atoms with Crippen molar-refractivity contribution in [2.75, 3.05) is 0 Å². The van der Waals surface area contributed by atoms with E-state index in [-0.39, 0.29) is 0 Å². The number of benzene rings is 1. The van der Waals surface area contributed by atoms with Crippen molar-refractivity contribution >= 4 is 5.57 Å². The Labute approximate surface area is 94.0 Å². The van der Waals surface area contributed by atoms with Crippen LogP contribution in [-0.2, 0) is 0 Å². The summed E-state index contributed by atoms with van der Waals surface area (Å²) in [5.41, 5.74) is 4.37. The predicted octanol–water partition coefficient (Wildman–Crippen LogP) is 4.77. The Bertz CT molecular complexity index is 318. The molecule has 0 aromatic heterocycles. The van der Waals surface area contributed by atoms with Gasteiger partial charge in [0.15, 0.2) is 0 Å². The summed E-state index contributed by atoms with van der Waals surface area (Å²) in [5, 5.41) is 0. The molecule has 0 radical (unpaired) electrons. The van der Waals surface area contributed by atoms with Gasteiger partial charge in [0.2, 0.25) is 0 Å². The lowest BCUT2D eigenvalue weighted by Gasteiger charge is -2.19. The second kappa shape index (κ2) is 5.16. The molecular formula is C15H22. The Morgan fingerprint density at radius 3 is 1.73 bits per heavy atom. The van der Waals surface area contributed by atoms with Crippen LogP contribution in [0, 0.1) is 11.8 Å². The Kier molecular flexibility index (Phi) is 4.14. The average Bonchev–Trinajstić information content (AvgIpc) is 2.18. The molecule has 0 aliphatic carbocycles. The molecule has 0 heterocycles. The van der Waals surface area contributed by atoms with E-state index in [0.717, 1.165) is 0 Å². The molecule has 0 spiro atoms. The molecule has 0 amide bonds. The van der Waals surface area contributed by atoms with Crippen molar-refractivity contribution in [3.05, 3.63) is 41.5 Å². The lowest BCUT2D eigenvalue weighted by Crippen LogP contribution is -2.04. The number of hydrogen-bond acceptors (Lipinski definition) is 0. The Morgan fingerprint density at radius 1 is 0.867 bits per heavy atom. The van der Waals surface area contributed by atoms with Crippen LogP contribution in [0.5, 0.6) is 0 Å². The molecule has 0 saturated carbocycles. The van der Waals surface area contributed by atoms with Gasteiger partial charge >= 0.3 is 0 Å². The van der Waals surface area contributed by atoms with Crippen LogP contribution in [-0.4, -0.2) is 0 Å². The fraction of sp³-hybridized carbons (Fsp3) is 0.467. The summed E-state index contributed by atoms with van der Waals surface area (Å²) >= 11 is 0. The zero-order chi connectivity index (χ0) is 11.4. The lowest BCUT2D eigenvalue weighted by atomic mass is 9.86. The van der Waals surface area contributed by atoms with E-state index in [2.05, 4.69) is 65.0 Å². The quantitative estimate of drug-likeness (QED) is 0.662. The predicted molar refractivity (Wildman–Crippen MR) is 68.7 cm³/mol. The molecular weight excluding hydrogens is 180 g/mol. The molecule has 0 fully saturated rings. The molecule has 0 atom stereocenters. The highest BCUT2D eigenvalue weighted by molar-refractivity contribution is 5.67. The fourth-order valence-electron chi connectivity index (χ4n) is 2.39. The Hall–Kier alpha value is -1.04. The molecule has 0 bridgehead atoms. The summed E-state index contributed by atoms with van der Waals surface area (Å²) in [6.07, 6.45) is 0. The highest BCUT2D eigenvalue weighted by Crippen LogP contribution is 2.28. The van der Waals surface area contributed by atoms with Gasteiger partial charge in [0.1, 0.15) is 0 Å². The molecule has 0 aliphatic rings. The number of hydrogen-bond donors (Lipinski definition) is 0. The van der Waals surface area contributed by atoms with Gasteiger partial charge in [-0.2, -0.15) is 0 Å². The van der Waals surface area contributed by atoms with Crippen molar-refractivity contribution in [2.24, 2.45) is 11.8 Å². The van der Waals surface area contributed by atoms with Gasteiger partial charge in [-0.15, -0.1) is 0 Å². The van der Waals surface area contributed by atoms with E-state index in [1.165, 1.54) is 11.1 Å². The fourth-order valence-corrected chi connectivity index (χ4v) is 2.39. The van der Waals surface area contributed by atoms with Crippen LogP contribution in [0.1, 0.15) is 40.2 Å². The molecule has 0 unspecified atom stereocenters. The maximum absolute atomic E-state index is 2.28. The first-order valence-electron chi connectivity index (χ1n) is 5.80. The first kappa shape index (κ1) is 12.0. The van der Waals surface area contributed by atoms with Crippen LogP contribution in [0.3, 0.4) is 0 Å². The van der Waals surface area contributed by atoms with Gasteiger partial charge in [0.25, 0.3) is 0 Å². The Balaban J connectivity index is 3.17. The van der Waals surface area contributed by atoms with Crippen LogP contribution < -0.4 is 0 Å². The van der Waals surface area contributed by atoms with E-state index in [4.69, 9.17) is 0 Å². The van der Waals surface area contributed by atoms with Gasteiger partial charge in [0.05, 0.1) is 0 Å². The lowest BCUT2D eigenvalue weighted by molar-refractivity contribution is 0.628. The van der Waals surface area contributed by atoms with Gasteiger partial charge in [-0.3, -0.25) is 0 Å². The summed E-state index contributed by atoms with van der Waals surface area (Å²) in [4.78, 5) is 0. The monoisotopic (exact) mass is 202 g/mol. The molecule has 15 heavy (non-hydrogen) atoms. The molecule has 1 aromatic carbocycles. The minimum Gasteiger partial charge on any atom is -0.0622 e. The van der Waals surface area contributed by atoms with Crippen LogP contribution in [0.15, 0.2) is 35.9 Å². The average molecular weight is 202 g/mol. The third kappa shape index (κ3) is 2.95. The van der Waals surface area contributed by atoms with Crippen LogP contribution in [0.4, 0.5) is 0 Å². The summed E-state index contributed by atoms with van der Waals surface area (Å²) in [6, 6.07) is 10.7. The SMILES string of the molecule is CC(=C(C(C)C)C(C)C)c1ccccc1. The molecule has 0 saturated heterocycles. The largest absolute Gasteiger partial charge is 0.0622 e. The van der Waals surface area contributed by atoms with Gasteiger partial charge in [-0.1, -0.05) is 63.6 Å². The van der Waals surface area contributed by atoms with E-state index in [9.17, 15) is 0 Å². The second-order valence-corrected chi connectivity index (χ2v) is 4.76. The van der Waals surface area contributed by atoms with Gasteiger partial charge in [0, 0.05) is 0 Å². The number of allylic oxidation sites excluding steroid dienone is 2. The van der Waals surface area contributed by atoms with E-state index >= 15 is 0 Å². The van der Waals surface area contributed by atoms with Crippen LogP contribution >= 0.6 is 0 Å². The Morgan fingerprint density at radius 2 is 1.33 bits per heavy atom. The van der Waals surface area contributed by atoms with Gasteiger partial charge in [-0.05, 0) is 29.9 Å². The molecule has 82 valence electrons. The maximum atomic E-state index is 2.28. The minimum atomic E-state index is 0.630. The highest BCUT2D eigenvalue weighted by Gasteiger charge is 2.12. The third-order valence-electron chi connectivity index (χ3n) is 2.88. The van der Waals surface area contributed by atoms with E-state index in [1.807, 2.05) is 0 Å². The molecule has 0 N–H and O–H groups in total. The normalized spacial score (nSPS) is 10.9. The molecule has 0 heteroatoms. The molecule has 0 aliphatic heterocycles. The van der Waals surface area contributed by atoms with Crippen molar-refractivity contribution < 1.29 is 0 Å². The van der Waals surface area contributed by atoms with E-state index in [1.54, 1.807) is 5.57 Å². The molecule has 0 nitrogen and oxygen atoms in total. The standard InChI is InChI=1S/C15H22/c1-11(2)15(12(3)4)13(5)14-9-7-6-8-10-14/h6-12H,1-5H3. The van der Waals surface area contributed by atoms with Crippen molar-refractivity contribution in [1.82, 2.24) is 0 Å². The van der Waals surface area contributed by atoms with E-state index < -0.39 is 0 Å². The van der Waals surface area contributed by atoms with Crippen molar-refractivity contribution in [2.45, 2.75) is 34.6 Å². The third-order valence-corrected chi connectivity index (χ3v) is 2.88. The highest BCUT2D eigenvalue weighted by atomic mass is 14.2. The van der Waals surface area contributed by atoms with Crippen LogP contribution in [0.2, 0.25) is 0 Å². The van der Waals surface area contributed by atoms with Crippen molar-refractivity contribution in [3.63, 3.8) is 0 Å². The maximum Gasteiger partial charge on any atom is -0.0228 e. The topological polar surface area (TPSA) is 0 Å². The van der Waals surface area contributed by atoms with Crippen LogP contribution in [0.25, 0.3) is 5.57 Å². The summed E-state index contributed by atoms with van der Waals surface area (Å²) in [7, 11) is 0. The van der Waals surface area contributed by atoms with Crippen molar-refractivity contribution in [1.29, 1.82) is 0 Å². The number of rotatable bonds is 3. The first-order valence-corrected chi connectivity index (χ1v) is 5.80. The summed E-state index contributed by atoms with van der Waals surface area (Å²) in [5.74, 6) is 1.26. The van der Waals surface area contributed by atoms with Gasteiger partial charge in [-0.25, -0.2) is 0 Å². The first-order chi connectivity index (χ1) is 7.04. The minimum absolute atomic E-state index is 0.630. The molecule has 1 aromatic rings. The second-order valence-electron chi connectivity index (χ2n) is 4.76. The molecule has 1 rings (SSSR count). The van der Waals surface area contributed by atoms with E-state index in [0.29, 0.717) is 11.8 Å². The smallest absolute Gasteiger partial charge is 0.0228 e. The zero-order valence-corrected chi connectivity index (χ0v) is 10.5. The summed E-state index contributed by atoms with van der Waals surface area (Å²) < 4.78 is 0. The zero-order valence-electron chi connectivity index (χ0n) is 10.5. The van der Waals surface area contributed by atoms with Crippen molar-refractivity contribution in [3.8, 4) is 0 Å². The van der Waals surface area contributed by atoms with Gasteiger partial charge < -0.3 is 0 Å². The summed E-state index contributed by atoms with van der Waals surface area (Å²) in [6.45, 7) is 11.4.